The zero-order valence-corrected chi connectivity index (χ0v) is 22.4. The number of carbonyl (C=O) groups excluding carboxylic acids is 2. The summed E-state index contributed by atoms with van der Waals surface area (Å²) in [5.74, 6) is -5.06. The molecule has 214 valence electrons. The molecule has 2 rings (SSSR count). The van der Waals surface area contributed by atoms with Crippen LogP contribution < -0.4 is 10.6 Å². The minimum absolute atomic E-state index is 0.129. The predicted molar refractivity (Wildman–Crippen MR) is 129 cm³/mol. The molecule has 2 N–H and O–H groups in total. The van der Waals surface area contributed by atoms with Crippen LogP contribution >= 0.6 is 39.1 Å². The van der Waals surface area contributed by atoms with Crippen LogP contribution in [0.3, 0.4) is 0 Å². The average molecular weight is 674 g/mol. The number of hydrogen-bond acceptors (Lipinski definition) is 2. The second kappa shape index (κ2) is 12.4. The Morgan fingerprint density at radius 1 is 0.974 bits per heavy atom. The summed E-state index contributed by atoms with van der Waals surface area (Å²) in [6.07, 6.45) is -13.5. The molecule has 0 spiro atoms. The summed E-state index contributed by atoms with van der Waals surface area (Å²) in [5, 5.41) is 3.07. The van der Waals surface area contributed by atoms with Crippen LogP contribution in [0.15, 0.2) is 40.9 Å². The van der Waals surface area contributed by atoms with Crippen LogP contribution in [0.2, 0.25) is 10.0 Å². The largest absolute Gasteiger partial charge is 0.417 e. The predicted octanol–water partition coefficient (Wildman–Crippen LogP) is 7.93. The normalized spacial score (nSPS) is 14.3. The molecule has 0 aliphatic rings. The maximum atomic E-state index is 13.7. The topological polar surface area (TPSA) is 58.2 Å². The molecule has 2 unspecified atom stereocenters. The van der Waals surface area contributed by atoms with Gasteiger partial charge < -0.3 is 10.6 Å². The summed E-state index contributed by atoms with van der Waals surface area (Å²) >= 11 is 14.8. The third kappa shape index (κ3) is 9.31. The van der Waals surface area contributed by atoms with E-state index in [2.05, 4.69) is 15.9 Å². The van der Waals surface area contributed by atoms with Gasteiger partial charge in [-0.05, 0) is 58.2 Å². The number of amides is 2. The maximum Gasteiger partial charge on any atom is 0.417 e. The average Bonchev–Trinajstić information content (AvgIpc) is 2.78. The molecule has 0 aromatic heterocycles. The zero-order chi connectivity index (χ0) is 29.9. The van der Waals surface area contributed by atoms with Gasteiger partial charge in [-0.1, -0.05) is 41.4 Å². The van der Waals surface area contributed by atoms with Gasteiger partial charge in [-0.15, -0.1) is 0 Å². The Hall–Kier alpha value is -2.45. The van der Waals surface area contributed by atoms with Gasteiger partial charge in [0.2, 0.25) is 5.91 Å². The molecular weight excluding hydrogens is 658 g/mol. The molecule has 0 radical (unpaired) electrons. The maximum absolute atomic E-state index is 13.7. The second-order valence-corrected chi connectivity index (χ2v) is 9.62. The van der Waals surface area contributed by atoms with E-state index in [1.807, 2.05) is 5.32 Å². The molecular formula is C23H16BrCl2F9N2O2. The molecule has 39 heavy (non-hydrogen) atoms. The van der Waals surface area contributed by atoms with E-state index in [9.17, 15) is 49.1 Å². The molecule has 0 bridgehead atoms. The van der Waals surface area contributed by atoms with Gasteiger partial charge in [0.25, 0.3) is 5.91 Å². The molecule has 2 aromatic carbocycles. The number of carbonyl (C=O) groups is 2. The van der Waals surface area contributed by atoms with E-state index >= 15 is 0 Å². The first-order valence-corrected chi connectivity index (χ1v) is 12.0. The number of hydrogen-bond donors (Lipinski definition) is 2. The van der Waals surface area contributed by atoms with Gasteiger partial charge in [0.1, 0.15) is 12.6 Å². The van der Waals surface area contributed by atoms with Crippen molar-refractivity contribution in [3.05, 3.63) is 73.2 Å². The van der Waals surface area contributed by atoms with Gasteiger partial charge in [0.05, 0.1) is 31.6 Å². The summed E-state index contributed by atoms with van der Waals surface area (Å²) in [7, 11) is 0. The van der Waals surface area contributed by atoms with Gasteiger partial charge in [0, 0.05) is 0 Å². The molecule has 2 amide bonds. The van der Waals surface area contributed by atoms with Gasteiger partial charge >= 0.3 is 18.5 Å². The van der Waals surface area contributed by atoms with Gasteiger partial charge in [-0.25, -0.2) is 0 Å². The first-order valence-electron chi connectivity index (χ1n) is 10.5. The number of benzene rings is 2. The monoisotopic (exact) mass is 672 g/mol. The summed E-state index contributed by atoms with van der Waals surface area (Å²) in [6.45, 7) is -0.773. The molecule has 16 heteroatoms. The van der Waals surface area contributed by atoms with Crippen LogP contribution in [-0.2, 0) is 11.0 Å². The van der Waals surface area contributed by atoms with Crippen LogP contribution in [-0.4, -0.2) is 36.8 Å². The standard InChI is InChI=1S/C23H16BrCl2F9N2O2/c1-10(19(38)36-9-21(27,28)29)37-20(39)13-4-2-11(6-15(13)23(33,34)35)3-5-14(22(30,31)32)12-7-16(25)18(24)17(26)8-12/h2-8,10,14H,9H2,1H3,(H,36,38)(H,37,39). The first-order chi connectivity index (χ1) is 17.7. The summed E-state index contributed by atoms with van der Waals surface area (Å²) in [6, 6.07) is 2.33. The number of halogens is 12. The third-order valence-electron chi connectivity index (χ3n) is 5.00. The molecule has 0 fully saturated rings. The minimum atomic E-state index is -5.16. The second-order valence-electron chi connectivity index (χ2n) is 8.01. The molecule has 4 nitrogen and oxygen atoms in total. The Balaban J connectivity index is 2.37. The Morgan fingerprint density at radius 3 is 2.03 bits per heavy atom. The van der Waals surface area contributed by atoms with Gasteiger partial charge in [-0.2, -0.15) is 39.5 Å². The highest BCUT2D eigenvalue weighted by Crippen LogP contribution is 2.41. The summed E-state index contributed by atoms with van der Waals surface area (Å²) in [4.78, 5) is 24.1. The molecule has 0 heterocycles. The van der Waals surface area contributed by atoms with Crippen LogP contribution in [0.4, 0.5) is 39.5 Å². The van der Waals surface area contributed by atoms with Crippen LogP contribution in [0.5, 0.6) is 0 Å². The molecule has 2 aromatic rings. The van der Waals surface area contributed by atoms with Gasteiger partial charge in [0.15, 0.2) is 0 Å². The number of nitrogens with one attached hydrogen (secondary N) is 2. The fourth-order valence-corrected chi connectivity index (χ4v) is 3.88. The van der Waals surface area contributed by atoms with Crippen LogP contribution in [0, 0.1) is 0 Å². The third-order valence-corrected chi connectivity index (χ3v) is 6.90. The minimum Gasteiger partial charge on any atom is -0.345 e. The van der Waals surface area contributed by atoms with Crippen molar-refractivity contribution in [1.29, 1.82) is 0 Å². The summed E-state index contributed by atoms with van der Waals surface area (Å²) < 4.78 is 119. The lowest BCUT2D eigenvalue weighted by Gasteiger charge is -2.19. The fourth-order valence-electron chi connectivity index (χ4n) is 3.15. The van der Waals surface area contributed by atoms with Gasteiger partial charge in [-0.3, -0.25) is 9.59 Å². The zero-order valence-electron chi connectivity index (χ0n) is 19.3. The highest BCUT2D eigenvalue weighted by molar-refractivity contribution is 9.10. The van der Waals surface area contributed by atoms with Crippen molar-refractivity contribution in [2.75, 3.05) is 6.54 Å². The van der Waals surface area contributed by atoms with Crippen molar-refractivity contribution in [3.63, 3.8) is 0 Å². The number of alkyl halides is 9. The lowest BCUT2D eigenvalue weighted by Crippen LogP contribution is -2.47. The van der Waals surface area contributed by atoms with E-state index in [-0.39, 0.29) is 25.6 Å². The molecule has 0 saturated heterocycles. The van der Waals surface area contributed by atoms with E-state index in [0.717, 1.165) is 31.2 Å². The van der Waals surface area contributed by atoms with E-state index in [1.54, 1.807) is 0 Å². The van der Waals surface area contributed by atoms with Crippen LogP contribution in [0.25, 0.3) is 6.08 Å². The molecule has 0 aliphatic carbocycles. The highest BCUT2D eigenvalue weighted by atomic mass is 79.9. The van der Waals surface area contributed by atoms with Crippen molar-refractivity contribution < 1.29 is 49.1 Å². The Labute approximate surface area is 233 Å². The first kappa shape index (κ1) is 32.8. The van der Waals surface area contributed by atoms with Crippen molar-refractivity contribution >= 4 is 57.0 Å². The Bertz CT molecular complexity index is 1240. The SMILES string of the molecule is CC(NC(=O)c1ccc(C=CC(c2cc(Cl)c(Br)c(Cl)c2)C(F)(F)F)cc1C(F)(F)F)C(=O)NCC(F)(F)F. The van der Waals surface area contributed by atoms with Crippen molar-refractivity contribution in [2.24, 2.45) is 0 Å². The van der Waals surface area contributed by atoms with E-state index in [4.69, 9.17) is 23.2 Å². The fraction of sp³-hybridized carbons (Fsp3) is 0.304. The van der Waals surface area contributed by atoms with Crippen molar-refractivity contribution in [1.82, 2.24) is 10.6 Å². The van der Waals surface area contributed by atoms with Crippen molar-refractivity contribution in [3.8, 4) is 0 Å². The summed E-state index contributed by atoms with van der Waals surface area (Å²) in [5.41, 5.74) is -3.31. The molecule has 2 atom stereocenters. The quantitative estimate of drug-likeness (QED) is 0.232. The van der Waals surface area contributed by atoms with Crippen LogP contribution in [0.1, 0.15) is 39.9 Å². The van der Waals surface area contributed by atoms with E-state index in [0.29, 0.717) is 18.2 Å². The lowest BCUT2D eigenvalue weighted by atomic mass is 9.96. The number of rotatable bonds is 7. The Morgan fingerprint density at radius 2 is 1.54 bits per heavy atom. The lowest BCUT2D eigenvalue weighted by molar-refractivity contribution is -0.139. The Kier molecular flexibility index (Phi) is 10.4. The highest BCUT2D eigenvalue weighted by Gasteiger charge is 2.40. The molecule has 0 aliphatic heterocycles. The number of allylic oxidation sites excluding steroid dienone is 1. The van der Waals surface area contributed by atoms with E-state index in [1.165, 1.54) is 5.32 Å². The smallest absolute Gasteiger partial charge is 0.345 e. The molecule has 0 saturated carbocycles. The van der Waals surface area contributed by atoms with Crippen molar-refractivity contribution in [2.45, 2.75) is 37.4 Å². The van der Waals surface area contributed by atoms with E-state index < -0.39 is 60.0 Å².